The van der Waals surface area contributed by atoms with Crippen LogP contribution in [0, 0.1) is 5.69 Å². The van der Waals surface area contributed by atoms with E-state index in [1.165, 1.54) is 6.21 Å². The quantitative estimate of drug-likeness (QED) is 0.552. The lowest BCUT2D eigenvalue weighted by Crippen LogP contribution is -1.89. The number of halogens is 2. The Labute approximate surface area is 87.2 Å². The van der Waals surface area contributed by atoms with Crippen molar-refractivity contribution in [3.05, 3.63) is 28.0 Å². The first-order valence-corrected chi connectivity index (χ1v) is 5.04. The van der Waals surface area contributed by atoms with Crippen molar-refractivity contribution in [2.75, 3.05) is 0 Å². The second kappa shape index (κ2) is 4.44. The van der Waals surface area contributed by atoms with Crippen molar-refractivity contribution in [2.24, 2.45) is 4.40 Å². The van der Waals surface area contributed by atoms with Crippen molar-refractivity contribution in [1.29, 1.82) is 0 Å². The highest BCUT2D eigenvalue weighted by molar-refractivity contribution is 7.72. The van der Waals surface area contributed by atoms with Crippen molar-refractivity contribution in [3.8, 4) is 5.69 Å². The van der Waals surface area contributed by atoms with Crippen molar-refractivity contribution in [1.82, 2.24) is 4.98 Å². The number of aromatic nitrogens is 1. The third-order valence-electron chi connectivity index (χ3n) is 1.12. The van der Waals surface area contributed by atoms with Crippen LogP contribution in [0.25, 0.3) is 0 Å². The molecule has 0 amide bonds. The van der Waals surface area contributed by atoms with Crippen LogP contribution in [0.1, 0.15) is 5.69 Å². The van der Waals surface area contributed by atoms with Crippen molar-refractivity contribution in [2.45, 2.75) is 0 Å². The summed E-state index contributed by atoms with van der Waals surface area (Å²) in [5.74, 6) is 0. The first-order chi connectivity index (χ1) is 6.09. The third kappa shape index (κ3) is 3.20. The fourth-order valence-corrected chi connectivity index (χ4v) is 1.14. The van der Waals surface area contributed by atoms with Crippen molar-refractivity contribution in [3.63, 3.8) is 0 Å². The molecule has 0 bridgehead atoms. The molecule has 1 aromatic rings. The molecule has 0 aliphatic rings. The summed E-state index contributed by atoms with van der Waals surface area (Å²) in [6, 6.07) is 3.11. The first-order valence-electron chi connectivity index (χ1n) is 3.12. The molecule has 1 heterocycles. The Morgan fingerprint density at radius 3 is 2.85 bits per heavy atom. The van der Waals surface area contributed by atoms with Gasteiger partial charge in [0.15, 0.2) is 0 Å². The number of rotatable bonds is 1. The molecule has 0 unspecified atom stereocenters. The average Bonchev–Trinajstić information content (AvgIpc) is 2.06. The molecule has 68 valence electrons. The van der Waals surface area contributed by atoms with Crippen LogP contribution in [0.2, 0.25) is 10.2 Å². The second-order valence-electron chi connectivity index (χ2n) is 2.01. The Hall–Kier alpha value is -0.800. The van der Waals surface area contributed by atoms with Crippen LogP contribution in [-0.2, 0) is 10.4 Å². The summed E-state index contributed by atoms with van der Waals surface area (Å²) in [4.78, 5) is 3.84. The number of hydrogen-bond acceptors (Lipinski definition) is 2. The fraction of sp³-hybridized carbons (Fsp3) is 0. The van der Waals surface area contributed by atoms with E-state index >= 15 is 0 Å². The lowest BCUT2D eigenvalue weighted by Gasteiger charge is -1.95. The Balaban J connectivity index is 3.09. The first kappa shape index (κ1) is 10.3. The SMILES string of the molecule is C#S(=O)N=Cc1nc(Cl)ccc1Cl. The van der Waals surface area contributed by atoms with Gasteiger partial charge in [-0.05, 0) is 12.1 Å². The smallest absolute Gasteiger partial charge is 0.140 e. The molecule has 0 aliphatic heterocycles. The van der Waals surface area contributed by atoms with Gasteiger partial charge in [-0.25, -0.2) is 4.98 Å². The predicted molar refractivity (Wildman–Crippen MR) is 54.9 cm³/mol. The largest absolute Gasteiger partial charge is 0.234 e. The zero-order valence-corrected chi connectivity index (χ0v) is 8.60. The molecule has 0 aromatic carbocycles. The highest BCUT2D eigenvalue weighted by atomic mass is 35.5. The van der Waals surface area contributed by atoms with Gasteiger partial charge in [0, 0.05) is 0 Å². The van der Waals surface area contributed by atoms with E-state index in [1.54, 1.807) is 12.1 Å². The molecule has 0 fully saturated rings. The average molecular weight is 235 g/mol. The van der Waals surface area contributed by atoms with E-state index < -0.39 is 10.4 Å². The molecular weight excluding hydrogens is 231 g/mol. The lowest BCUT2D eigenvalue weighted by atomic mass is 10.4. The molecule has 1 aromatic heterocycles. The predicted octanol–water partition coefficient (Wildman–Crippen LogP) is 2.06. The summed E-state index contributed by atoms with van der Waals surface area (Å²) in [5, 5.41) is 0.659. The third-order valence-corrected chi connectivity index (χ3v) is 1.96. The van der Waals surface area contributed by atoms with Gasteiger partial charge in [0.05, 0.1) is 11.2 Å². The van der Waals surface area contributed by atoms with Gasteiger partial charge in [0.2, 0.25) is 0 Å². The highest BCUT2D eigenvalue weighted by Crippen LogP contribution is 2.14. The van der Waals surface area contributed by atoms with Gasteiger partial charge >= 0.3 is 0 Å². The van der Waals surface area contributed by atoms with Crippen LogP contribution < -0.4 is 0 Å². The van der Waals surface area contributed by atoms with E-state index in [9.17, 15) is 4.21 Å². The molecule has 6 heteroatoms. The molecule has 0 saturated carbocycles. The van der Waals surface area contributed by atoms with Gasteiger partial charge in [-0.15, -0.1) is 0 Å². The molecular formula is C7H4Cl2N2OS. The fourth-order valence-electron chi connectivity index (χ4n) is 0.625. The molecule has 3 nitrogen and oxygen atoms in total. The summed E-state index contributed by atoms with van der Waals surface area (Å²) in [6.07, 6.45) is 1.21. The van der Waals surface area contributed by atoms with Crippen molar-refractivity contribution >= 4 is 39.8 Å². The van der Waals surface area contributed by atoms with E-state index in [4.69, 9.17) is 28.9 Å². The zero-order valence-electron chi connectivity index (χ0n) is 6.28. The number of hydrogen-bond donors (Lipinski definition) is 0. The van der Waals surface area contributed by atoms with Crippen LogP contribution in [0.5, 0.6) is 0 Å². The molecule has 0 aliphatic carbocycles. The van der Waals surface area contributed by atoms with Gasteiger partial charge in [0.1, 0.15) is 21.2 Å². The minimum atomic E-state index is -1.75. The molecule has 0 atom stereocenters. The summed E-state index contributed by atoms with van der Waals surface area (Å²) >= 11 is 11.3. The van der Waals surface area contributed by atoms with Crippen LogP contribution in [0.4, 0.5) is 0 Å². The Morgan fingerprint density at radius 2 is 2.23 bits per heavy atom. The van der Waals surface area contributed by atoms with Crippen LogP contribution in [0.15, 0.2) is 16.5 Å². The molecule has 13 heavy (non-hydrogen) atoms. The monoisotopic (exact) mass is 234 g/mol. The summed E-state index contributed by atoms with van der Waals surface area (Å²) in [7, 11) is -1.75. The highest BCUT2D eigenvalue weighted by Gasteiger charge is 1.99. The number of nitrogens with zero attached hydrogens (tertiary/aromatic N) is 2. The zero-order chi connectivity index (χ0) is 9.84. The maximum atomic E-state index is 10.4. The molecule has 1 rings (SSSR count). The van der Waals surface area contributed by atoms with Gasteiger partial charge in [-0.3, -0.25) is 0 Å². The van der Waals surface area contributed by atoms with E-state index in [-0.39, 0.29) is 5.15 Å². The van der Waals surface area contributed by atoms with Gasteiger partial charge < -0.3 is 0 Å². The van der Waals surface area contributed by atoms with Crippen LogP contribution in [-0.4, -0.2) is 15.4 Å². The Bertz CT molecular complexity index is 466. The summed E-state index contributed by atoms with van der Waals surface area (Å²) < 4.78 is 13.8. The molecule has 0 N–H and O–H groups in total. The Morgan fingerprint density at radius 1 is 1.54 bits per heavy atom. The molecule has 0 spiro atoms. The maximum absolute atomic E-state index is 10.4. The van der Waals surface area contributed by atoms with Gasteiger partial charge in [0.25, 0.3) is 0 Å². The second-order valence-corrected chi connectivity index (χ2v) is 3.57. The lowest BCUT2D eigenvalue weighted by molar-refractivity contribution is 0.693. The van der Waals surface area contributed by atoms with Gasteiger partial charge in [-0.1, -0.05) is 28.9 Å². The standard InChI is InChI=1S/C7H4Cl2N2OS/c1-13(12)10-4-6-5(8)2-3-7(9)11-6/h1-4H. The van der Waals surface area contributed by atoms with Crippen molar-refractivity contribution < 1.29 is 4.21 Å². The molecule has 0 saturated heterocycles. The number of pyridine rings is 1. The summed E-state index contributed by atoms with van der Waals surface area (Å²) in [5.41, 5.74) is 5.24. The van der Waals surface area contributed by atoms with Crippen LogP contribution in [0.3, 0.4) is 0 Å². The normalized spacial score (nSPS) is 10.5. The Kier molecular flexibility index (Phi) is 3.51. The maximum Gasteiger partial charge on any atom is 0.140 e. The van der Waals surface area contributed by atoms with E-state index in [0.717, 1.165) is 0 Å². The minimum absolute atomic E-state index is 0.286. The van der Waals surface area contributed by atoms with E-state index in [2.05, 4.69) is 9.38 Å². The van der Waals surface area contributed by atoms with Gasteiger partial charge in [-0.2, -0.15) is 8.61 Å². The minimum Gasteiger partial charge on any atom is -0.234 e. The molecule has 0 radical (unpaired) electrons. The topological polar surface area (TPSA) is 42.3 Å². The summed E-state index contributed by atoms with van der Waals surface area (Å²) in [6.45, 7) is 0. The van der Waals surface area contributed by atoms with E-state index in [1.807, 2.05) is 0 Å². The van der Waals surface area contributed by atoms with E-state index in [0.29, 0.717) is 10.7 Å². The van der Waals surface area contributed by atoms with Crippen LogP contribution >= 0.6 is 23.2 Å².